The van der Waals surface area contributed by atoms with Crippen molar-refractivity contribution >= 4 is 11.6 Å². The van der Waals surface area contributed by atoms with Gasteiger partial charge in [-0.1, -0.05) is 24.3 Å². The highest BCUT2D eigenvalue weighted by Crippen LogP contribution is 2.44. The SMILES string of the molecule is Cc1cc(C(Cl)C2CCCc3ccccc32)c(F)cc1F. The van der Waals surface area contributed by atoms with Gasteiger partial charge in [0.1, 0.15) is 11.6 Å². The van der Waals surface area contributed by atoms with Crippen LogP contribution >= 0.6 is 11.6 Å². The summed E-state index contributed by atoms with van der Waals surface area (Å²) in [5.41, 5.74) is 3.32. The van der Waals surface area contributed by atoms with Gasteiger partial charge in [0.2, 0.25) is 0 Å². The lowest BCUT2D eigenvalue weighted by Crippen LogP contribution is -2.15. The molecular weight excluding hydrogens is 290 g/mol. The van der Waals surface area contributed by atoms with Crippen LogP contribution in [0.4, 0.5) is 8.78 Å². The van der Waals surface area contributed by atoms with E-state index < -0.39 is 17.0 Å². The summed E-state index contributed by atoms with van der Waals surface area (Å²) < 4.78 is 27.5. The molecule has 3 heteroatoms. The molecule has 0 N–H and O–H groups in total. The zero-order valence-corrected chi connectivity index (χ0v) is 12.6. The Balaban J connectivity index is 2.00. The number of rotatable bonds is 2. The molecule has 110 valence electrons. The van der Waals surface area contributed by atoms with Crippen LogP contribution in [0, 0.1) is 18.6 Å². The molecule has 0 aliphatic heterocycles. The Morgan fingerprint density at radius 2 is 1.90 bits per heavy atom. The molecule has 1 aliphatic carbocycles. The summed E-state index contributed by atoms with van der Waals surface area (Å²) in [5.74, 6) is -0.999. The molecule has 3 rings (SSSR count). The molecule has 0 saturated carbocycles. The first-order valence-electron chi connectivity index (χ1n) is 7.25. The Hall–Kier alpha value is -1.41. The van der Waals surface area contributed by atoms with Gasteiger partial charge in [0, 0.05) is 17.5 Å². The fraction of sp³-hybridized carbons (Fsp3) is 0.333. The summed E-state index contributed by atoms with van der Waals surface area (Å²) in [5, 5.41) is -0.467. The summed E-state index contributed by atoms with van der Waals surface area (Å²) in [6.45, 7) is 1.64. The zero-order valence-electron chi connectivity index (χ0n) is 11.9. The molecule has 2 unspecified atom stereocenters. The number of benzene rings is 2. The minimum Gasteiger partial charge on any atom is -0.207 e. The molecule has 0 spiro atoms. The molecule has 1 aliphatic rings. The van der Waals surface area contributed by atoms with Gasteiger partial charge in [-0.05, 0) is 48.9 Å². The van der Waals surface area contributed by atoms with Gasteiger partial charge in [-0.2, -0.15) is 0 Å². The highest BCUT2D eigenvalue weighted by molar-refractivity contribution is 6.21. The number of aryl methyl sites for hydroxylation is 2. The Labute approximate surface area is 128 Å². The molecule has 21 heavy (non-hydrogen) atoms. The van der Waals surface area contributed by atoms with Crippen LogP contribution in [0.15, 0.2) is 36.4 Å². The molecule has 0 amide bonds. The summed E-state index contributed by atoms with van der Waals surface area (Å²) in [4.78, 5) is 0. The topological polar surface area (TPSA) is 0 Å². The van der Waals surface area contributed by atoms with Crippen LogP contribution in [0.3, 0.4) is 0 Å². The van der Waals surface area contributed by atoms with Gasteiger partial charge in [0.05, 0.1) is 5.38 Å². The standard InChI is InChI=1S/C18H17ClF2/c1-11-9-15(17(21)10-16(11)20)18(19)14-8-4-6-12-5-2-3-7-13(12)14/h2-3,5,7,9-10,14,18H,4,6,8H2,1H3. The Morgan fingerprint density at radius 3 is 2.71 bits per heavy atom. The normalized spacial score (nSPS) is 19.1. The highest BCUT2D eigenvalue weighted by Gasteiger charge is 2.29. The van der Waals surface area contributed by atoms with Crippen LogP contribution in [0.25, 0.3) is 0 Å². The molecule has 0 saturated heterocycles. The fourth-order valence-electron chi connectivity index (χ4n) is 3.20. The van der Waals surface area contributed by atoms with Crippen molar-refractivity contribution in [2.75, 3.05) is 0 Å². The monoisotopic (exact) mass is 306 g/mol. The Kier molecular flexibility index (Phi) is 3.99. The lowest BCUT2D eigenvalue weighted by molar-refractivity contribution is 0.512. The van der Waals surface area contributed by atoms with Gasteiger partial charge >= 0.3 is 0 Å². The Morgan fingerprint density at radius 1 is 1.14 bits per heavy atom. The summed E-state index contributed by atoms with van der Waals surface area (Å²) in [6.07, 6.45) is 3.02. The lowest BCUT2D eigenvalue weighted by Gasteiger charge is -2.29. The van der Waals surface area contributed by atoms with E-state index in [-0.39, 0.29) is 5.92 Å². The lowest BCUT2D eigenvalue weighted by atomic mass is 9.79. The largest absolute Gasteiger partial charge is 0.207 e. The quantitative estimate of drug-likeness (QED) is 0.627. The first-order valence-corrected chi connectivity index (χ1v) is 7.69. The molecule has 2 aromatic rings. The summed E-state index contributed by atoms with van der Waals surface area (Å²) in [6, 6.07) is 10.7. The number of hydrogen-bond acceptors (Lipinski definition) is 0. The fourth-order valence-corrected chi connectivity index (χ4v) is 3.63. The predicted octanol–water partition coefficient (Wildman–Crippen LogP) is 5.67. The zero-order chi connectivity index (χ0) is 15.0. The van der Waals surface area contributed by atoms with Gasteiger partial charge < -0.3 is 0 Å². The van der Waals surface area contributed by atoms with Crippen molar-refractivity contribution in [3.05, 3.63) is 70.3 Å². The van der Waals surface area contributed by atoms with Crippen molar-refractivity contribution in [2.45, 2.75) is 37.5 Å². The van der Waals surface area contributed by atoms with Crippen LogP contribution in [-0.2, 0) is 6.42 Å². The van der Waals surface area contributed by atoms with Gasteiger partial charge in [-0.15, -0.1) is 11.6 Å². The molecule has 2 aromatic carbocycles. The molecule has 2 atom stereocenters. The second-order valence-corrected chi connectivity index (χ2v) is 6.19. The second kappa shape index (κ2) is 5.76. The van der Waals surface area contributed by atoms with E-state index in [9.17, 15) is 8.78 Å². The van der Waals surface area contributed by atoms with Crippen LogP contribution in [0.2, 0.25) is 0 Å². The van der Waals surface area contributed by atoms with Crippen molar-refractivity contribution in [3.63, 3.8) is 0 Å². The number of hydrogen-bond donors (Lipinski definition) is 0. The van der Waals surface area contributed by atoms with E-state index in [1.54, 1.807) is 13.0 Å². The first-order chi connectivity index (χ1) is 10.1. The molecule has 0 aromatic heterocycles. The smallest absolute Gasteiger partial charge is 0.130 e. The van der Waals surface area contributed by atoms with E-state index in [0.717, 1.165) is 25.3 Å². The second-order valence-electron chi connectivity index (χ2n) is 5.72. The van der Waals surface area contributed by atoms with E-state index >= 15 is 0 Å². The maximum absolute atomic E-state index is 14.1. The third-order valence-corrected chi connectivity index (χ3v) is 4.88. The van der Waals surface area contributed by atoms with E-state index in [2.05, 4.69) is 12.1 Å². The van der Waals surface area contributed by atoms with Crippen LogP contribution in [-0.4, -0.2) is 0 Å². The van der Waals surface area contributed by atoms with Crippen LogP contribution in [0.5, 0.6) is 0 Å². The Bertz CT molecular complexity index is 666. The molecule has 0 nitrogen and oxygen atoms in total. The van der Waals surface area contributed by atoms with Crippen molar-refractivity contribution in [1.82, 2.24) is 0 Å². The van der Waals surface area contributed by atoms with Crippen LogP contribution < -0.4 is 0 Å². The summed E-state index contributed by atoms with van der Waals surface area (Å²) in [7, 11) is 0. The van der Waals surface area contributed by atoms with Gasteiger partial charge in [0.15, 0.2) is 0 Å². The third-order valence-electron chi connectivity index (χ3n) is 4.34. The minimum atomic E-state index is -0.554. The first kappa shape index (κ1) is 14.5. The van der Waals surface area contributed by atoms with E-state index in [4.69, 9.17) is 11.6 Å². The average molecular weight is 307 g/mol. The van der Waals surface area contributed by atoms with E-state index in [1.807, 2.05) is 12.1 Å². The molecule has 0 fully saturated rings. The van der Waals surface area contributed by atoms with Gasteiger partial charge in [0.25, 0.3) is 0 Å². The van der Waals surface area contributed by atoms with E-state index in [1.165, 1.54) is 11.1 Å². The van der Waals surface area contributed by atoms with Crippen molar-refractivity contribution < 1.29 is 8.78 Å². The predicted molar refractivity (Wildman–Crippen MR) is 81.8 cm³/mol. The van der Waals surface area contributed by atoms with Gasteiger partial charge in [-0.3, -0.25) is 0 Å². The number of halogens is 3. The summed E-state index contributed by atoms with van der Waals surface area (Å²) >= 11 is 6.58. The average Bonchev–Trinajstić information content (AvgIpc) is 2.49. The molecule has 0 radical (unpaired) electrons. The number of fused-ring (bicyclic) bond motifs is 1. The van der Waals surface area contributed by atoms with Crippen molar-refractivity contribution in [3.8, 4) is 0 Å². The minimum absolute atomic E-state index is 0.0796. The number of alkyl halides is 1. The maximum Gasteiger partial charge on any atom is 0.130 e. The maximum atomic E-state index is 14.1. The van der Waals surface area contributed by atoms with Crippen LogP contribution in [0.1, 0.15) is 46.4 Å². The van der Waals surface area contributed by atoms with Gasteiger partial charge in [-0.25, -0.2) is 8.78 Å². The third kappa shape index (κ3) is 2.69. The highest BCUT2D eigenvalue weighted by atomic mass is 35.5. The molecule has 0 heterocycles. The van der Waals surface area contributed by atoms with E-state index in [0.29, 0.717) is 11.1 Å². The van der Waals surface area contributed by atoms with Crippen molar-refractivity contribution in [1.29, 1.82) is 0 Å². The molecular formula is C18H17ClF2. The molecule has 0 bridgehead atoms. The van der Waals surface area contributed by atoms with Crippen molar-refractivity contribution in [2.24, 2.45) is 0 Å².